The van der Waals surface area contributed by atoms with Crippen molar-refractivity contribution in [3.05, 3.63) is 82.0 Å². The molecular formula is C24H23F3O2S. The molecule has 0 N–H and O–H groups in total. The van der Waals surface area contributed by atoms with E-state index in [2.05, 4.69) is 4.74 Å². The van der Waals surface area contributed by atoms with Gasteiger partial charge in [0.05, 0.1) is 7.11 Å². The molecule has 0 aliphatic rings. The highest BCUT2D eigenvalue weighted by Gasteiger charge is 2.33. The maximum Gasteiger partial charge on any atom is 0.305 e. The van der Waals surface area contributed by atoms with Crippen molar-refractivity contribution >= 4 is 17.3 Å². The van der Waals surface area contributed by atoms with Crippen LogP contribution in [0, 0.1) is 12.7 Å². The second-order valence-electron chi connectivity index (χ2n) is 7.22. The molecule has 0 fully saturated rings. The molecule has 0 saturated carbocycles. The summed E-state index contributed by atoms with van der Waals surface area (Å²) in [5.41, 5.74) is 1.67. The number of aryl methyl sites for hydroxylation is 2. The largest absolute Gasteiger partial charge is 0.469 e. The number of methoxy groups -OCH3 is 1. The van der Waals surface area contributed by atoms with Gasteiger partial charge in [0.2, 0.25) is 0 Å². The first-order chi connectivity index (χ1) is 14.3. The van der Waals surface area contributed by atoms with E-state index in [0.717, 1.165) is 15.3 Å². The molecule has 3 rings (SSSR count). The van der Waals surface area contributed by atoms with Crippen molar-refractivity contribution < 1.29 is 22.7 Å². The predicted octanol–water partition coefficient (Wildman–Crippen LogP) is 6.69. The average molecular weight is 433 g/mol. The SMILES string of the molecule is COC(=O)CCCc1ccc(C(F)(F)Cc2cc(F)ccc2-c2ccc(C)s2)cc1. The highest BCUT2D eigenvalue weighted by molar-refractivity contribution is 7.15. The van der Waals surface area contributed by atoms with Crippen molar-refractivity contribution in [1.82, 2.24) is 0 Å². The summed E-state index contributed by atoms with van der Waals surface area (Å²) in [4.78, 5) is 13.1. The molecule has 1 aromatic heterocycles. The molecule has 0 bridgehead atoms. The number of hydrogen-bond donors (Lipinski definition) is 0. The first-order valence-electron chi connectivity index (χ1n) is 9.68. The zero-order valence-electron chi connectivity index (χ0n) is 16.9. The van der Waals surface area contributed by atoms with Gasteiger partial charge in [-0.1, -0.05) is 30.3 Å². The Morgan fingerprint density at radius 3 is 2.43 bits per heavy atom. The maximum absolute atomic E-state index is 15.0. The van der Waals surface area contributed by atoms with Crippen LogP contribution in [-0.4, -0.2) is 13.1 Å². The zero-order valence-corrected chi connectivity index (χ0v) is 17.7. The summed E-state index contributed by atoms with van der Waals surface area (Å²) in [6.45, 7) is 1.94. The van der Waals surface area contributed by atoms with E-state index in [1.165, 1.54) is 42.7 Å². The summed E-state index contributed by atoms with van der Waals surface area (Å²) < 4.78 is 48.5. The normalized spacial score (nSPS) is 11.5. The van der Waals surface area contributed by atoms with Crippen LogP contribution in [0.5, 0.6) is 0 Å². The number of benzene rings is 2. The van der Waals surface area contributed by atoms with E-state index < -0.39 is 18.2 Å². The zero-order chi connectivity index (χ0) is 21.7. The second kappa shape index (κ2) is 9.47. The molecule has 0 amide bonds. The third-order valence-corrected chi connectivity index (χ3v) is 5.97. The van der Waals surface area contributed by atoms with E-state index in [4.69, 9.17) is 0 Å². The molecule has 1 heterocycles. The molecule has 0 aliphatic heterocycles. The highest BCUT2D eigenvalue weighted by Crippen LogP contribution is 2.37. The molecule has 0 saturated heterocycles. The number of rotatable bonds is 8. The van der Waals surface area contributed by atoms with Crippen molar-refractivity contribution in [3.8, 4) is 10.4 Å². The van der Waals surface area contributed by atoms with Crippen LogP contribution < -0.4 is 0 Å². The molecule has 0 radical (unpaired) electrons. The van der Waals surface area contributed by atoms with Crippen molar-refractivity contribution in [3.63, 3.8) is 0 Å². The van der Waals surface area contributed by atoms with Crippen LogP contribution in [0.4, 0.5) is 13.2 Å². The van der Waals surface area contributed by atoms with Gasteiger partial charge in [0.1, 0.15) is 5.82 Å². The minimum atomic E-state index is -3.14. The molecule has 3 aromatic rings. The summed E-state index contributed by atoms with van der Waals surface area (Å²) in [5.74, 6) is -3.96. The number of hydrogen-bond acceptors (Lipinski definition) is 3. The Bertz CT molecular complexity index is 1010. The van der Waals surface area contributed by atoms with Gasteiger partial charge in [0.15, 0.2) is 0 Å². The molecule has 6 heteroatoms. The number of alkyl halides is 2. The Morgan fingerprint density at radius 2 is 1.80 bits per heavy atom. The summed E-state index contributed by atoms with van der Waals surface area (Å²) in [5, 5.41) is 0. The lowest BCUT2D eigenvalue weighted by atomic mass is 9.95. The number of halogens is 3. The van der Waals surface area contributed by atoms with E-state index in [1.807, 2.05) is 19.1 Å². The maximum atomic E-state index is 15.0. The van der Waals surface area contributed by atoms with Crippen molar-refractivity contribution in [2.75, 3.05) is 7.11 Å². The standard InChI is InChI=1S/C24H23F3O2S/c1-16-6-13-22(30-16)21-12-11-20(25)14-18(21)15-24(26,27)19-9-7-17(8-10-19)4-3-5-23(28)29-2/h6-14H,3-5,15H2,1-2H3. The van der Waals surface area contributed by atoms with E-state index >= 15 is 8.78 Å². The lowest BCUT2D eigenvalue weighted by Gasteiger charge is -2.19. The molecule has 30 heavy (non-hydrogen) atoms. The fraction of sp³-hybridized carbons (Fsp3) is 0.292. The van der Waals surface area contributed by atoms with Gasteiger partial charge >= 0.3 is 5.97 Å². The molecule has 2 aromatic carbocycles. The van der Waals surface area contributed by atoms with Gasteiger partial charge in [-0.15, -0.1) is 11.3 Å². The number of ether oxygens (including phenoxy) is 1. The fourth-order valence-corrected chi connectivity index (χ4v) is 4.25. The molecule has 158 valence electrons. The smallest absolute Gasteiger partial charge is 0.305 e. The highest BCUT2D eigenvalue weighted by atomic mass is 32.1. The topological polar surface area (TPSA) is 26.3 Å². The number of carbonyl (C=O) groups excluding carboxylic acids is 1. The monoisotopic (exact) mass is 432 g/mol. The summed E-state index contributed by atoms with van der Waals surface area (Å²) in [7, 11) is 1.34. The van der Waals surface area contributed by atoms with E-state index in [-0.39, 0.29) is 17.1 Å². The van der Waals surface area contributed by atoms with Gasteiger partial charge in [0.25, 0.3) is 5.92 Å². The van der Waals surface area contributed by atoms with Gasteiger partial charge in [-0.25, -0.2) is 13.2 Å². The first kappa shape index (κ1) is 22.1. The molecular weight excluding hydrogens is 409 g/mol. The number of carbonyl (C=O) groups is 1. The van der Waals surface area contributed by atoms with Gasteiger partial charge in [-0.05, 0) is 60.7 Å². The minimum absolute atomic E-state index is 0.114. The van der Waals surface area contributed by atoms with Crippen LogP contribution in [0.1, 0.15) is 34.4 Å². The van der Waals surface area contributed by atoms with E-state index in [9.17, 15) is 9.18 Å². The Balaban J connectivity index is 1.76. The number of thiophene rings is 1. The van der Waals surface area contributed by atoms with Gasteiger partial charge in [-0.2, -0.15) is 0 Å². The fourth-order valence-electron chi connectivity index (χ4n) is 3.32. The van der Waals surface area contributed by atoms with Crippen LogP contribution in [0.15, 0.2) is 54.6 Å². The minimum Gasteiger partial charge on any atom is -0.469 e. The summed E-state index contributed by atoms with van der Waals surface area (Å²) in [6.07, 6.45) is 0.902. The van der Waals surface area contributed by atoms with Crippen molar-refractivity contribution in [2.45, 2.75) is 38.5 Å². The molecule has 2 nitrogen and oxygen atoms in total. The Labute approximate surface area is 178 Å². The second-order valence-corrected chi connectivity index (χ2v) is 8.51. The molecule has 0 unspecified atom stereocenters. The van der Waals surface area contributed by atoms with Crippen LogP contribution in [-0.2, 0) is 28.3 Å². The molecule has 0 spiro atoms. The summed E-state index contributed by atoms with van der Waals surface area (Å²) >= 11 is 1.50. The third-order valence-electron chi connectivity index (χ3n) is 4.94. The van der Waals surface area contributed by atoms with Crippen LogP contribution in [0.25, 0.3) is 10.4 Å². The van der Waals surface area contributed by atoms with Crippen molar-refractivity contribution in [1.29, 1.82) is 0 Å². The quantitative estimate of drug-likeness (QED) is 0.371. The molecule has 0 aliphatic carbocycles. The predicted molar refractivity (Wildman–Crippen MR) is 113 cm³/mol. The molecule has 0 atom stereocenters. The van der Waals surface area contributed by atoms with Gasteiger partial charge in [-0.3, -0.25) is 4.79 Å². The Morgan fingerprint density at radius 1 is 1.07 bits per heavy atom. The first-order valence-corrected chi connectivity index (χ1v) is 10.5. The van der Waals surface area contributed by atoms with E-state index in [0.29, 0.717) is 24.8 Å². The van der Waals surface area contributed by atoms with Crippen LogP contribution >= 0.6 is 11.3 Å². The van der Waals surface area contributed by atoms with E-state index in [1.54, 1.807) is 18.2 Å². The average Bonchev–Trinajstić information content (AvgIpc) is 3.14. The third kappa shape index (κ3) is 5.51. The van der Waals surface area contributed by atoms with Crippen LogP contribution in [0.2, 0.25) is 0 Å². The Kier molecular flexibility index (Phi) is 6.98. The van der Waals surface area contributed by atoms with Gasteiger partial charge in [0, 0.05) is 28.2 Å². The lowest BCUT2D eigenvalue weighted by molar-refractivity contribution is -0.140. The Hall–Kier alpha value is -2.60. The van der Waals surface area contributed by atoms with Crippen molar-refractivity contribution in [2.24, 2.45) is 0 Å². The van der Waals surface area contributed by atoms with Crippen LogP contribution in [0.3, 0.4) is 0 Å². The number of esters is 1. The lowest BCUT2D eigenvalue weighted by Crippen LogP contribution is -2.17. The summed E-state index contributed by atoms with van der Waals surface area (Å²) in [6, 6.07) is 14.0. The van der Waals surface area contributed by atoms with Gasteiger partial charge < -0.3 is 4.74 Å².